The Morgan fingerprint density at radius 3 is 2.00 bits per heavy atom. The highest BCUT2D eigenvalue weighted by Crippen LogP contribution is 1.89. The predicted molar refractivity (Wildman–Crippen MR) is 50.6 cm³/mol. The molecule has 4 nitrogen and oxygen atoms in total. The van der Waals surface area contributed by atoms with E-state index in [2.05, 4.69) is 6.92 Å². The van der Waals surface area contributed by atoms with E-state index in [1.165, 1.54) is 0 Å². The Bertz CT molecular complexity index is 131. The van der Waals surface area contributed by atoms with Crippen molar-refractivity contribution in [3.8, 4) is 0 Å². The smallest absolute Gasteiger partial charge is 0.147 e. The van der Waals surface area contributed by atoms with Crippen LogP contribution in [0.3, 0.4) is 0 Å². The number of ether oxygens (including phenoxy) is 2. The number of carbonyl (C=O) groups is 1. The summed E-state index contributed by atoms with van der Waals surface area (Å²) in [5, 5.41) is 0. The molecule has 0 aromatic rings. The molecule has 4 heteroatoms. The van der Waals surface area contributed by atoms with Gasteiger partial charge in [0.1, 0.15) is 5.78 Å². The molecule has 0 aromatic heterocycles. The van der Waals surface area contributed by atoms with Gasteiger partial charge in [-0.1, -0.05) is 0 Å². The third-order valence-electron chi connectivity index (χ3n) is 1.62. The lowest BCUT2D eigenvalue weighted by molar-refractivity contribution is -0.116. The number of carbonyl (C=O) groups excluding carboxylic acids is 1. The molecule has 1 radical (unpaired) electrons. The van der Waals surface area contributed by atoms with E-state index in [0.29, 0.717) is 19.8 Å². The van der Waals surface area contributed by atoms with Crippen LogP contribution in [0, 0.1) is 6.92 Å². The van der Waals surface area contributed by atoms with Crippen molar-refractivity contribution < 1.29 is 14.3 Å². The largest absolute Gasteiger partial charge is 0.383 e. The molecule has 0 spiro atoms. The maximum atomic E-state index is 10.7. The summed E-state index contributed by atoms with van der Waals surface area (Å²) in [6, 6.07) is 0. The molecule has 0 saturated heterocycles. The van der Waals surface area contributed by atoms with Crippen LogP contribution in [-0.2, 0) is 14.3 Å². The van der Waals surface area contributed by atoms with Crippen molar-refractivity contribution in [3.05, 3.63) is 6.92 Å². The van der Waals surface area contributed by atoms with Gasteiger partial charge in [0, 0.05) is 34.2 Å². The van der Waals surface area contributed by atoms with E-state index >= 15 is 0 Å². The SMILES string of the molecule is [CH2]C(=O)CN(CCOC)CCOC. The summed E-state index contributed by atoms with van der Waals surface area (Å²) in [6.45, 7) is 6.42. The molecule has 0 N–H and O–H groups in total. The van der Waals surface area contributed by atoms with Crippen LogP contribution >= 0.6 is 0 Å². The van der Waals surface area contributed by atoms with Crippen LogP contribution in [0.25, 0.3) is 0 Å². The van der Waals surface area contributed by atoms with Crippen molar-refractivity contribution >= 4 is 5.78 Å². The first-order valence-corrected chi connectivity index (χ1v) is 4.25. The van der Waals surface area contributed by atoms with E-state index in [0.717, 1.165) is 13.1 Å². The third kappa shape index (κ3) is 7.90. The molecule has 0 fully saturated rings. The van der Waals surface area contributed by atoms with Gasteiger partial charge in [0.15, 0.2) is 0 Å². The average molecular weight is 188 g/mol. The minimum absolute atomic E-state index is 0.0767. The molecule has 77 valence electrons. The molecule has 0 rings (SSSR count). The molecule has 0 aliphatic carbocycles. The first kappa shape index (κ1) is 12.6. The van der Waals surface area contributed by atoms with Gasteiger partial charge in [0.05, 0.1) is 19.8 Å². The quantitative estimate of drug-likeness (QED) is 0.537. The van der Waals surface area contributed by atoms with Crippen molar-refractivity contribution in [2.24, 2.45) is 0 Å². The molecule has 0 atom stereocenters. The Morgan fingerprint density at radius 2 is 1.69 bits per heavy atom. The summed E-state index contributed by atoms with van der Waals surface area (Å²) in [5.74, 6) is -0.0767. The molecule has 13 heavy (non-hydrogen) atoms. The van der Waals surface area contributed by atoms with Crippen LogP contribution in [0.2, 0.25) is 0 Å². The van der Waals surface area contributed by atoms with E-state index in [1.54, 1.807) is 14.2 Å². The van der Waals surface area contributed by atoms with Crippen LogP contribution in [0.15, 0.2) is 0 Å². The Morgan fingerprint density at radius 1 is 1.23 bits per heavy atom. The number of hydrogen-bond donors (Lipinski definition) is 0. The average Bonchev–Trinajstić information content (AvgIpc) is 2.09. The highest BCUT2D eigenvalue weighted by Gasteiger charge is 2.06. The minimum atomic E-state index is -0.0767. The van der Waals surface area contributed by atoms with Gasteiger partial charge in [0.2, 0.25) is 0 Å². The Balaban J connectivity index is 3.66. The van der Waals surface area contributed by atoms with Gasteiger partial charge >= 0.3 is 0 Å². The summed E-state index contributed by atoms with van der Waals surface area (Å²) < 4.78 is 9.84. The lowest BCUT2D eigenvalue weighted by Crippen LogP contribution is -2.34. The molecule has 0 heterocycles. The number of ketones is 1. The molecule has 0 aliphatic heterocycles. The van der Waals surface area contributed by atoms with Gasteiger partial charge in [-0.15, -0.1) is 0 Å². The van der Waals surface area contributed by atoms with Crippen molar-refractivity contribution in [2.75, 3.05) is 47.1 Å². The first-order chi connectivity index (χ1) is 6.20. The van der Waals surface area contributed by atoms with Gasteiger partial charge in [0.25, 0.3) is 0 Å². The van der Waals surface area contributed by atoms with Crippen LogP contribution in [0.5, 0.6) is 0 Å². The molecular formula is C9H18NO3. The van der Waals surface area contributed by atoms with Crippen LogP contribution < -0.4 is 0 Å². The zero-order chi connectivity index (χ0) is 10.1. The maximum absolute atomic E-state index is 10.7. The van der Waals surface area contributed by atoms with Crippen LogP contribution in [0.4, 0.5) is 0 Å². The summed E-state index contributed by atoms with van der Waals surface area (Å²) >= 11 is 0. The highest BCUT2D eigenvalue weighted by molar-refractivity contribution is 5.84. The van der Waals surface area contributed by atoms with Crippen molar-refractivity contribution in [2.45, 2.75) is 0 Å². The summed E-state index contributed by atoms with van der Waals surface area (Å²) in [5.41, 5.74) is 0. The number of hydrogen-bond acceptors (Lipinski definition) is 4. The standard InChI is InChI=1S/C9H18NO3/c1-9(11)8-10(4-6-12-2)5-7-13-3/h1,4-8H2,2-3H3. The molecular weight excluding hydrogens is 170 g/mol. The van der Waals surface area contributed by atoms with Gasteiger partial charge in [-0.3, -0.25) is 9.69 Å². The first-order valence-electron chi connectivity index (χ1n) is 4.25. The van der Waals surface area contributed by atoms with Crippen molar-refractivity contribution in [3.63, 3.8) is 0 Å². The molecule has 0 unspecified atom stereocenters. The zero-order valence-corrected chi connectivity index (χ0v) is 8.41. The molecule has 0 amide bonds. The molecule has 0 saturated carbocycles. The second kappa shape index (κ2) is 8.16. The fraction of sp³-hybridized carbons (Fsp3) is 0.778. The monoisotopic (exact) mass is 188 g/mol. The second-order valence-electron chi connectivity index (χ2n) is 2.80. The topological polar surface area (TPSA) is 38.8 Å². The minimum Gasteiger partial charge on any atom is -0.383 e. The summed E-state index contributed by atoms with van der Waals surface area (Å²) in [6.07, 6.45) is 0. The van der Waals surface area contributed by atoms with E-state index in [-0.39, 0.29) is 5.78 Å². The van der Waals surface area contributed by atoms with Gasteiger partial charge < -0.3 is 9.47 Å². The maximum Gasteiger partial charge on any atom is 0.147 e. The predicted octanol–water partition coefficient (Wildman–Crippen LogP) is -0.0156. The third-order valence-corrected chi connectivity index (χ3v) is 1.62. The van der Waals surface area contributed by atoms with Crippen molar-refractivity contribution in [1.82, 2.24) is 4.90 Å². The van der Waals surface area contributed by atoms with Crippen molar-refractivity contribution in [1.29, 1.82) is 0 Å². The Hall–Kier alpha value is -0.450. The van der Waals surface area contributed by atoms with Gasteiger partial charge in [-0.25, -0.2) is 0 Å². The molecule has 0 bridgehead atoms. The zero-order valence-electron chi connectivity index (χ0n) is 8.41. The number of nitrogens with zero attached hydrogens (tertiary/aromatic N) is 1. The van der Waals surface area contributed by atoms with E-state index < -0.39 is 0 Å². The number of rotatable bonds is 8. The van der Waals surface area contributed by atoms with Gasteiger partial charge in [-0.2, -0.15) is 0 Å². The Kier molecular flexibility index (Phi) is 7.88. The molecule has 0 aromatic carbocycles. The van der Waals surface area contributed by atoms with E-state index in [4.69, 9.17) is 9.47 Å². The van der Waals surface area contributed by atoms with E-state index in [9.17, 15) is 4.79 Å². The number of methoxy groups -OCH3 is 2. The highest BCUT2D eigenvalue weighted by atomic mass is 16.5. The normalized spacial score (nSPS) is 10.8. The second-order valence-corrected chi connectivity index (χ2v) is 2.80. The van der Waals surface area contributed by atoms with E-state index in [1.807, 2.05) is 4.90 Å². The Labute approximate surface area is 79.8 Å². The fourth-order valence-corrected chi connectivity index (χ4v) is 0.960. The lowest BCUT2D eigenvalue weighted by atomic mass is 10.4. The van der Waals surface area contributed by atoms with Crippen LogP contribution in [-0.4, -0.2) is 57.8 Å². The molecule has 0 aliphatic rings. The number of Topliss-reactive ketones (excluding diaryl/α,β-unsaturated/α-hetero) is 1. The fourth-order valence-electron chi connectivity index (χ4n) is 0.960. The van der Waals surface area contributed by atoms with Gasteiger partial charge in [-0.05, 0) is 0 Å². The van der Waals surface area contributed by atoms with Crippen LogP contribution in [0.1, 0.15) is 0 Å². The summed E-state index contributed by atoms with van der Waals surface area (Å²) in [7, 11) is 3.28. The lowest BCUT2D eigenvalue weighted by Gasteiger charge is -2.19. The summed E-state index contributed by atoms with van der Waals surface area (Å²) in [4.78, 5) is 12.7.